The number of aryl methyl sites for hydroxylation is 1. The first-order valence-electron chi connectivity index (χ1n) is 2.93. The number of carbonyl (C=O) groups is 1. The summed E-state index contributed by atoms with van der Waals surface area (Å²) in [5.41, 5.74) is 0.616. The van der Waals surface area contributed by atoms with Gasteiger partial charge in [-0.05, 0) is 13.0 Å². The molecule has 3 heteroatoms. The zero-order chi connectivity index (χ0) is 7.56. The lowest BCUT2D eigenvalue weighted by Gasteiger charge is -1.87. The maximum absolute atomic E-state index is 10.8. The summed E-state index contributed by atoms with van der Waals surface area (Å²) in [4.78, 5) is 11.9. The Morgan fingerprint density at radius 2 is 2.50 bits per heavy atom. The molecule has 0 aromatic carbocycles. The molecule has 0 saturated carbocycles. The number of rotatable bonds is 2. The number of ketones is 1. The third-order valence-corrected chi connectivity index (χ3v) is 2.06. The van der Waals surface area contributed by atoms with E-state index in [0.717, 1.165) is 4.88 Å². The zero-order valence-corrected chi connectivity index (χ0v) is 6.44. The van der Waals surface area contributed by atoms with Gasteiger partial charge >= 0.3 is 0 Å². The monoisotopic (exact) mass is 156 g/mol. The molecule has 0 radical (unpaired) electrons. The minimum Gasteiger partial charge on any atom is -0.388 e. The van der Waals surface area contributed by atoms with E-state index in [1.54, 1.807) is 11.4 Å². The summed E-state index contributed by atoms with van der Waals surface area (Å²) in [7, 11) is 0. The average Bonchev–Trinajstić information content (AvgIpc) is 2.34. The lowest BCUT2D eigenvalue weighted by Crippen LogP contribution is -2.01. The van der Waals surface area contributed by atoms with Crippen molar-refractivity contribution in [2.75, 3.05) is 6.61 Å². The largest absolute Gasteiger partial charge is 0.388 e. The van der Waals surface area contributed by atoms with Crippen molar-refractivity contribution in [3.05, 3.63) is 21.9 Å². The predicted octanol–water partition coefficient (Wildman–Crippen LogP) is 1.23. The highest BCUT2D eigenvalue weighted by atomic mass is 32.1. The van der Waals surface area contributed by atoms with E-state index in [1.165, 1.54) is 11.3 Å². The molecule has 2 nitrogen and oxygen atoms in total. The molecule has 1 rings (SSSR count). The summed E-state index contributed by atoms with van der Waals surface area (Å²) in [5.74, 6) is -0.204. The van der Waals surface area contributed by atoms with Crippen molar-refractivity contribution in [3.8, 4) is 0 Å². The van der Waals surface area contributed by atoms with Crippen LogP contribution in [0.3, 0.4) is 0 Å². The van der Waals surface area contributed by atoms with Gasteiger partial charge in [0.05, 0.1) is 0 Å². The summed E-state index contributed by atoms with van der Waals surface area (Å²) < 4.78 is 0. The predicted molar refractivity (Wildman–Crippen MR) is 40.5 cm³/mol. The van der Waals surface area contributed by atoms with Crippen LogP contribution in [0.5, 0.6) is 0 Å². The van der Waals surface area contributed by atoms with Crippen molar-refractivity contribution >= 4 is 17.1 Å². The summed E-state index contributed by atoms with van der Waals surface area (Å²) in [5, 5.41) is 10.2. The fourth-order valence-corrected chi connectivity index (χ4v) is 1.39. The van der Waals surface area contributed by atoms with E-state index in [1.807, 2.05) is 6.92 Å². The average molecular weight is 156 g/mol. The van der Waals surface area contributed by atoms with Crippen molar-refractivity contribution in [2.45, 2.75) is 6.92 Å². The number of hydrogen-bond donors (Lipinski definition) is 1. The van der Waals surface area contributed by atoms with Gasteiger partial charge < -0.3 is 5.11 Å². The van der Waals surface area contributed by atoms with Gasteiger partial charge in [-0.15, -0.1) is 11.3 Å². The van der Waals surface area contributed by atoms with E-state index in [-0.39, 0.29) is 5.78 Å². The van der Waals surface area contributed by atoms with Gasteiger partial charge in [-0.1, -0.05) is 0 Å². The van der Waals surface area contributed by atoms with Crippen molar-refractivity contribution in [1.29, 1.82) is 0 Å². The molecule has 0 aliphatic heterocycles. The third kappa shape index (κ3) is 1.43. The number of aliphatic hydroxyl groups is 1. The first-order chi connectivity index (χ1) is 4.74. The Hall–Kier alpha value is -0.670. The number of thiophene rings is 1. The SMILES string of the molecule is Cc1cc(C(=O)CO)cs1. The van der Waals surface area contributed by atoms with Crippen molar-refractivity contribution in [2.24, 2.45) is 0 Å². The van der Waals surface area contributed by atoms with Crippen molar-refractivity contribution in [1.82, 2.24) is 0 Å². The van der Waals surface area contributed by atoms with Crippen LogP contribution in [0.4, 0.5) is 0 Å². The van der Waals surface area contributed by atoms with Gasteiger partial charge in [0.25, 0.3) is 0 Å². The molecular formula is C7H8O2S. The fraction of sp³-hybridized carbons (Fsp3) is 0.286. The highest BCUT2D eigenvalue weighted by Crippen LogP contribution is 2.12. The minimum atomic E-state index is -0.393. The van der Waals surface area contributed by atoms with Gasteiger partial charge in [0.15, 0.2) is 5.78 Å². The molecule has 10 heavy (non-hydrogen) atoms. The molecule has 1 aromatic heterocycles. The van der Waals surface area contributed by atoms with Crippen LogP contribution >= 0.6 is 11.3 Å². The molecule has 1 aromatic rings. The molecule has 0 fully saturated rings. The number of carbonyl (C=O) groups excluding carboxylic acids is 1. The molecule has 0 atom stereocenters. The van der Waals surface area contributed by atoms with E-state index >= 15 is 0 Å². The van der Waals surface area contributed by atoms with Gasteiger partial charge in [0.1, 0.15) is 6.61 Å². The maximum Gasteiger partial charge on any atom is 0.189 e. The first kappa shape index (κ1) is 7.44. The topological polar surface area (TPSA) is 37.3 Å². The smallest absolute Gasteiger partial charge is 0.189 e. The molecule has 54 valence electrons. The van der Waals surface area contributed by atoms with Gasteiger partial charge in [-0.2, -0.15) is 0 Å². The molecule has 0 aliphatic carbocycles. The summed E-state index contributed by atoms with van der Waals surface area (Å²) in [6, 6.07) is 1.78. The van der Waals surface area contributed by atoms with Gasteiger partial charge in [0.2, 0.25) is 0 Å². The van der Waals surface area contributed by atoms with Crippen LogP contribution in [0.2, 0.25) is 0 Å². The van der Waals surface area contributed by atoms with Crippen LogP contribution in [0.25, 0.3) is 0 Å². The van der Waals surface area contributed by atoms with Crippen LogP contribution in [-0.2, 0) is 0 Å². The Morgan fingerprint density at radius 3 is 2.90 bits per heavy atom. The Balaban J connectivity index is 2.85. The molecule has 0 unspecified atom stereocenters. The molecule has 1 heterocycles. The second-order valence-corrected chi connectivity index (χ2v) is 3.14. The van der Waals surface area contributed by atoms with E-state index in [2.05, 4.69) is 0 Å². The van der Waals surface area contributed by atoms with E-state index in [4.69, 9.17) is 5.11 Å². The summed E-state index contributed by atoms with van der Waals surface area (Å²) >= 11 is 1.52. The van der Waals surface area contributed by atoms with Crippen molar-refractivity contribution < 1.29 is 9.90 Å². The van der Waals surface area contributed by atoms with Crippen molar-refractivity contribution in [3.63, 3.8) is 0 Å². The van der Waals surface area contributed by atoms with Crippen LogP contribution in [-0.4, -0.2) is 17.5 Å². The van der Waals surface area contributed by atoms with Gasteiger partial charge in [0, 0.05) is 15.8 Å². The second-order valence-electron chi connectivity index (χ2n) is 2.03. The van der Waals surface area contributed by atoms with Crippen LogP contribution in [0, 0.1) is 6.92 Å². The Morgan fingerprint density at radius 1 is 1.80 bits per heavy atom. The second kappa shape index (κ2) is 2.94. The highest BCUT2D eigenvalue weighted by molar-refractivity contribution is 7.10. The Kier molecular flexibility index (Phi) is 2.19. The molecular weight excluding hydrogens is 148 g/mol. The van der Waals surface area contributed by atoms with Crippen LogP contribution in [0.1, 0.15) is 15.2 Å². The van der Waals surface area contributed by atoms with E-state index in [9.17, 15) is 4.79 Å². The molecule has 0 saturated heterocycles. The summed E-state index contributed by atoms with van der Waals surface area (Å²) in [6.45, 7) is 1.54. The number of aliphatic hydroxyl groups excluding tert-OH is 1. The summed E-state index contributed by atoms with van der Waals surface area (Å²) in [6.07, 6.45) is 0. The Bertz CT molecular complexity index is 240. The molecule has 0 aliphatic rings. The zero-order valence-electron chi connectivity index (χ0n) is 5.63. The molecule has 0 spiro atoms. The van der Waals surface area contributed by atoms with E-state index in [0.29, 0.717) is 5.56 Å². The first-order valence-corrected chi connectivity index (χ1v) is 3.81. The van der Waals surface area contributed by atoms with Gasteiger partial charge in [-0.25, -0.2) is 0 Å². The highest BCUT2D eigenvalue weighted by Gasteiger charge is 2.04. The Labute approximate surface area is 63.1 Å². The molecule has 1 N–H and O–H groups in total. The lowest BCUT2D eigenvalue weighted by atomic mass is 10.2. The lowest BCUT2D eigenvalue weighted by molar-refractivity contribution is 0.0904. The standard InChI is InChI=1S/C7H8O2S/c1-5-2-6(4-10-5)7(9)3-8/h2,4,8H,3H2,1H3. The molecule has 0 amide bonds. The maximum atomic E-state index is 10.8. The van der Waals surface area contributed by atoms with E-state index < -0.39 is 6.61 Å². The number of Topliss-reactive ketones (excluding diaryl/α,β-unsaturated/α-hetero) is 1. The number of hydrogen-bond acceptors (Lipinski definition) is 3. The normalized spacial score (nSPS) is 9.80. The molecule has 0 bridgehead atoms. The van der Waals surface area contributed by atoms with Crippen LogP contribution < -0.4 is 0 Å². The van der Waals surface area contributed by atoms with Crippen LogP contribution in [0.15, 0.2) is 11.4 Å². The quantitative estimate of drug-likeness (QED) is 0.654. The van der Waals surface area contributed by atoms with Gasteiger partial charge in [-0.3, -0.25) is 4.79 Å². The third-order valence-electron chi connectivity index (χ3n) is 1.20. The fourth-order valence-electron chi connectivity index (χ4n) is 0.681. The minimum absolute atomic E-state index is 0.204.